The van der Waals surface area contributed by atoms with E-state index in [1.165, 1.54) is 0 Å². The fourth-order valence-electron chi connectivity index (χ4n) is 7.58. The number of aromatic nitrogens is 2. The monoisotopic (exact) mass is 969 g/mol. The van der Waals surface area contributed by atoms with Crippen molar-refractivity contribution in [2.24, 2.45) is 0 Å². The van der Waals surface area contributed by atoms with Gasteiger partial charge in [0.1, 0.15) is 24.6 Å². The van der Waals surface area contributed by atoms with Gasteiger partial charge in [-0.3, -0.25) is 24.9 Å². The van der Waals surface area contributed by atoms with Crippen molar-refractivity contribution >= 4 is 47.2 Å². The predicted octanol–water partition coefficient (Wildman–Crippen LogP) is 1.81. The lowest BCUT2D eigenvalue weighted by molar-refractivity contribution is -0.739. The Morgan fingerprint density at radius 1 is 0.824 bits per heavy atom. The molecule has 1 aromatic heterocycles. The number of unbranched alkanes of at least 4 members (excludes halogenated alkanes) is 2. The van der Waals surface area contributed by atoms with Crippen LogP contribution in [0.1, 0.15) is 84.8 Å². The van der Waals surface area contributed by atoms with Crippen LogP contribution in [-0.2, 0) is 37.0 Å². The quantitative estimate of drug-likeness (QED) is 0.0166. The first-order valence-corrected chi connectivity index (χ1v) is 23.9. The number of anilines is 1. The molecule has 0 bridgehead atoms. The van der Waals surface area contributed by atoms with Gasteiger partial charge in [-0.1, -0.05) is 65.8 Å². The summed E-state index contributed by atoms with van der Waals surface area (Å²) in [6, 6.07) is 25.8. The molecule has 2 fully saturated rings. The third-order valence-corrected chi connectivity index (χ3v) is 12.7. The molecule has 0 saturated carbocycles. The van der Waals surface area contributed by atoms with Crippen molar-refractivity contribution in [3.8, 4) is 28.8 Å². The molecule has 2 aliphatic heterocycles. The molecule has 16 nitrogen and oxygen atoms in total. The summed E-state index contributed by atoms with van der Waals surface area (Å²) < 4.78 is 18.9. The molecule has 0 radical (unpaired) electrons. The number of carboxylic acid groups (broad SMARTS) is 1. The lowest BCUT2D eigenvalue weighted by Crippen LogP contribution is -3.00. The van der Waals surface area contributed by atoms with Gasteiger partial charge in [0.05, 0.1) is 38.5 Å². The van der Waals surface area contributed by atoms with Crippen LogP contribution in [0.25, 0.3) is 11.3 Å². The molecule has 0 unspecified atom stereocenters. The molecule has 2 saturated heterocycles. The smallest absolute Gasteiger partial charge is 0.315 e. The highest BCUT2D eigenvalue weighted by Gasteiger charge is 2.42. The van der Waals surface area contributed by atoms with Crippen LogP contribution in [0.15, 0.2) is 84.9 Å². The van der Waals surface area contributed by atoms with Crippen molar-refractivity contribution in [1.82, 2.24) is 26.4 Å². The molecule has 362 valence electrons. The molecule has 3 heterocycles. The molecular weight excluding hydrogens is 910 g/mol. The summed E-state index contributed by atoms with van der Waals surface area (Å²) in [5, 5.41) is 25.7. The number of ether oxygens (including phenoxy) is 3. The third-order valence-electron chi connectivity index (χ3n) is 11.2. The number of aliphatic carboxylic acids is 1. The second kappa shape index (κ2) is 28.2. The number of carbonyl (C=O) groups is 5. The lowest BCUT2D eigenvalue weighted by atomic mass is 9.98. The average molecular weight is 971 g/mol. The van der Waals surface area contributed by atoms with Crippen LogP contribution >= 0.6 is 11.8 Å². The number of hydrogen-bond acceptors (Lipinski definition) is 11. The van der Waals surface area contributed by atoms with E-state index >= 15 is 0 Å². The number of ketones is 1. The van der Waals surface area contributed by atoms with E-state index in [0.717, 1.165) is 36.1 Å². The standard InChI is InChI=1S/C50H59N7O9S.ClH/c51-44-24-23-41(56-57(44)27-9-16-47(60)61)35-19-21-40(22-20-35)66-33-39-18-17-38(49(62)36-10-3-1-4-11-36)32-37(39)12-5-2-6-14-45(58)52-25-28-64-30-31-65-29-26-53-46(59)15-8-7-13-43-48-42(34-67-43)54-50(63)55-48;/h1,3-4,10-11,17-24,32,42-43,48,51H,2,6-9,13-16,25-31,33-34H2,(H5,52,53,54,55,58,59,60,61,63);1H/t42-,43-,48-;/m1./s1. The molecule has 4 aromatic rings. The zero-order chi connectivity index (χ0) is 47.2. The van der Waals surface area contributed by atoms with Crippen LogP contribution in [0.5, 0.6) is 5.75 Å². The van der Waals surface area contributed by atoms with E-state index in [0.29, 0.717) is 117 Å². The normalized spacial score (nSPS) is 15.7. The number of nitrogen functional groups attached to an aromatic ring is 1. The van der Waals surface area contributed by atoms with Crippen LogP contribution in [-0.4, -0.2) is 102 Å². The van der Waals surface area contributed by atoms with Gasteiger partial charge in [-0.25, -0.2) is 4.79 Å². The van der Waals surface area contributed by atoms with Crippen molar-refractivity contribution in [2.75, 3.05) is 51.0 Å². The Bertz CT molecular complexity index is 2360. The van der Waals surface area contributed by atoms with Crippen molar-refractivity contribution in [3.05, 3.63) is 107 Å². The van der Waals surface area contributed by atoms with E-state index in [4.69, 9.17) is 25.1 Å². The Morgan fingerprint density at radius 3 is 2.26 bits per heavy atom. The molecule has 3 aromatic carbocycles. The van der Waals surface area contributed by atoms with E-state index in [9.17, 15) is 24.0 Å². The van der Waals surface area contributed by atoms with E-state index < -0.39 is 5.97 Å². The van der Waals surface area contributed by atoms with Gasteiger partial charge in [-0.2, -0.15) is 11.8 Å². The van der Waals surface area contributed by atoms with E-state index in [1.807, 2.05) is 66.4 Å². The van der Waals surface area contributed by atoms with Crippen LogP contribution in [0.3, 0.4) is 0 Å². The van der Waals surface area contributed by atoms with Gasteiger partial charge in [-0.05, 0) is 62.1 Å². The number of fused-ring (bicyclic) bond motifs is 1. The molecule has 3 atom stereocenters. The van der Waals surface area contributed by atoms with E-state index in [-0.39, 0.29) is 61.1 Å². The number of aryl methyl sites for hydroxylation is 1. The fourth-order valence-corrected chi connectivity index (χ4v) is 9.12. The van der Waals surface area contributed by atoms with E-state index in [2.05, 4.69) is 38.2 Å². The zero-order valence-electron chi connectivity index (χ0n) is 38.0. The van der Waals surface area contributed by atoms with Crippen molar-refractivity contribution in [1.29, 1.82) is 0 Å². The van der Waals surface area contributed by atoms with Gasteiger partial charge in [0.2, 0.25) is 11.8 Å². The topological polar surface area (TPSA) is 224 Å². The van der Waals surface area contributed by atoms with Gasteiger partial charge < -0.3 is 53.0 Å². The largest absolute Gasteiger partial charge is 1.00 e. The summed E-state index contributed by atoms with van der Waals surface area (Å²) in [5.41, 5.74) is 10.1. The van der Waals surface area contributed by atoms with Crippen molar-refractivity contribution in [3.63, 3.8) is 0 Å². The van der Waals surface area contributed by atoms with Crippen LogP contribution < -0.4 is 48.8 Å². The highest BCUT2D eigenvalue weighted by atomic mass is 35.5. The van der Waals surface area contributed by atoms with Crippen LogP contribution in [0.2, 0.25) is 0 Å². The molecule has 4 amide bonds. The SMILES string of the molecule is Nc1ccc(-c2ccc(OCc3ccc(C(=O)c4ccccc4)cc3C#CCCCC(=O)NCCOCCOCCNC(=O)CCCC[C@H]3SC[C@H]4NC(=O)N[C@H]43)cc2)n[n+]1CCCC(=O)O.[Cl-]. The van der Waals surface area contributed by atoms with Crippen molar-refractivity contribution < 1.29 is 60.4 Å². The number of hydrogen-bond donors (Lipinski definition) is 6. The first-order chi connectivity index (χ1) is 32.6. The van der Waals surface area contributed by atoms with Gasteiger partial charge >= 0.3 is 12.0 Å². The van der Waals surface area contributed by atoms with Gasteiger partial charge in [0.25, 0.3) is 5.82 Å². The second-order valence-corrected chi connectivity index (χ2v) is 17.5. The molecule has 68 heavy (non-hydrogen) atoms. The Labute approximate surface area is 407 Å². The number of carbonyl (C=O) groups excluding carboxylic acids is 4. The summed E-state index contributed by atoms with van der Waals surface area (Å²) in [6.07, 6.45) is 4.96. The Morgan fingerprint density at radius 2 is 1.54 bits per heavy atom. The highest BCUT2D eigenvalue weighted by Crippen LogP contribution is 2.33. The predicted molar refractivity (Wildman–Crippen MR) is 254 cm³/mol. The summed E-state index contributed by atoms with van der Waals surface area (Å²) in [5.74, 6) is 7.32. The number of thioether (sulfide) groups is 1. The zero-order valence-corrected chi connectivity index (χ0v) is 39.6. The molecule has 2 aliphatic rings. The maximum atomic E-state index is 13.3. The molecule has 6 rings (SSSR count). The van der Waals surface area contributed by atoms with Gasteiger partial charge in [-0.15, -0.1) is 4.68 Å². The number of amides is 4. The van der Waals surface area contributed by atoms with Crippen LogP contribution in [0, 0.1) is 11.8 Å². The first-order valence-electron chi connectivity index (χ1n) is 22.8. The summed E-state index contributed by atoms with van der Waals surface area (Å²) in [6.45, 7) is 2.87. The van der Waals surface area contributed by atoms with Crippen LogP contribution in [0.4, 0.5) is 10.6 Å². The molecular formula is C50H60ClN7O9S. The summed E-state index contributed by atoms with van der Waals surface area (Å²) >= 11 is 1.88. The number of nitrogens with one attached hydrogen (secondary N) is 4. The highest BCUT2D eigenvalue weighted by molar-refractivity contribution is 8.00. The molecule has 18 heteroatoms. The van der Waals surface area contributed by atoms with E-state index in [1.54, 1.807) is 35.0 Å². The number of benzene rings is 3. The van der Waals surface area contributed by atoms with Gasteiger partial charge in [0.15, 0.2) is 5.78 Å². The number of rotatable bonds is 27. The summed E-state index contributed by atoms with van der Waals surface area (Å²) in [4.78, 5) is 60.5. The molecule has 0 aliphatic carbocycles. The summed E-state index contributed by atoms with van der Waals surface area (Å²) in [7, 11) is 0. The molecule has 7 N–H and O–H groups in total. The van der Waals surface area contributed by atoms with Gasteiger partial charge in [0, 0.05) is 83.7 Å². The Hall–Kier alpha value is -6.19. The number of nitrogens with zero attached hydrogens (tertiary/aromatic N) is 2. The fraction of sp³-hybridized carbons (Fsp3) is 0.420. The number of halogens is 1. The Balaban J connectivity index is 0.00000864. The lowest BCUT2D eigenvalue weighted by Gasteiger charge is -2.16. The average Bonchev–Trinajstić information content (AvgIpc) is 3.89. The molecule has 0 spiro atoms. The number of urea groups is 1. The number of carboxylic acids is 1. The third kappa shape index (κ3) is 17.2. The maximum Gasteiger partial charge on any atom is 0.315 e. The minimum atomic E-state index is -0.869. The number of nitrogens with two attached hydrogens (primary N) is 1. The Kier molecular flexibility index (Phi) is 21.9. The minimum absolute atomic E-state index is 0. The maximum absolute atomic E-state index is 13.3. The second-order valence-electron chi connectivity index (χ2n) is 16.2. The minimum Gasteiger partial charge on any atom is -1.00 e. The van der Waals surface area contributed by atoms with Crippen molar-refractivity contribution in [2.45, 2.75) is 88.3 Å². The first kappa shape index (κ1) is 52.8.